The maximum atomic E-state index is 13.4. The largest absolute Gasteiger partial charge is 0.416 e. The van der Waals surface area contributed by atoms with Crippen LogP contribution in [0.2, 0.25) is 5.02 Å². The fourth-order valence-electron chi connectivity index (χ4n) is 3.85. The second-order valence-electron chi connectivity index (χ2n) is 6.98. The number of hydrogen-bond acceptors (Lipinski definition) is 2. The lowest BCUT2D eigenvalue weighted by Gasteiger charge is -2.24. The van der Waals surface area contributed by atoms with Crippen molar-refractivity contribution in [3.05, 3.63) is 70.6 Å². The van der Waals surface area contributed by atoms with Crippen molar-refractivity contribution in [3.63, 3.8) is 0 Å². The summed E-state index contributed by atoms with van der Waals surface area (Å²) >= 11 is 6.19. The average Bonchev–Trinajstić information content (AvgIpc) is 2.93. The summed E-state index contributed by atoms with van der Waals surface area (Å²) in [7, 11) is 2.06. The van der Waals surface area contributed by atoms with Gasteiger partial charge in [0.1, 0.15) is 0 Å². The quantitative estimate of drug-likeness (QED) is 0.689. The molecule has 1 aliphatic rings. The van der Waals surface area contributed by atoms with Gasteiger partial charge in [-0.05, 0) is 49.0 Å². The molecular weight excluding hydrogens is 387 g/mol. The van der Waals surface area contributed by atoms with Crippen LogP contribution in [0.5, 0.6) is 0 Å². The number of allylic oxidation sites excluding steroid dienone is 4. The molecule has 1 aromatic carbocycles. The van der Waals surface area contributed by atoms with Gasteiger partial charge in [0.15, 0.2) is 0 Å². The van der Waals surface area contributed by atoms with E-state index in [4.69, 9.17) is 17.3 Å². The number of nitrogens with zero attached hydrogens (tertiary/aromatic N) is 2. The number of hydrogen-bond donors (Lipinski definition) is 1. The standard InChI is InChI=1S/C21H23ClF3N3/c1-3-4-18(21(23,24)25)14(12-26)7-10-28-19-6-5-15(22)11-16(19)17-13-27(2)9-8-20(17)28/h3-6,11-12H,1,7-10,13,26H2,2H3/b14-12-,18-4+. The fraction of sp³-hybridized carbons (Fsp3) is 0.333. The summed E-state index contributed by atoms with van der Waals surface area (Å²) in [4.78, 5) is 2.23. The maximum Gasteiger partial charge on any atom is 0.416 e. The molecule has 3 rings (SSSR count). The van der Waals surface area contributed by atoms with E-state index in [0.717, 1.165) is 54.5 Å². The van der Waals surface area contributed by atoms with Crippen LogP contribution in [0.1, 0.15) is 17.7 Å². The van der Waals surface area contributed by atoms with Crippen molar-refractivity contribution in [1.29, 1.82) is 0 Å². The number of alkyl halides is 3. The zero-order chi connectivity index (χ0) is 20.5. The highest BCUT2D eigenvalue weighted by atomic mass is 35.5. The normalized spacial score (nSPS) is 16.5. The lowest BCUT2D eigenvalue weighted by atomic mass is 10.0. The predicted molar refractivity (Wildman–Crippen MR) is 108 cm³/mol. The molecule has 2 heterocycles. The SMILES string of the molecule is C=C/C=C(\C(=C/N)CCn1c2c(c3cc(Cl)ccc31)CN(C)CC2)C(F)(F)F. The number of fused-ring (bicyclic) bond motifs is 3. The van der Waals surface area contributed by atoms with Gasteiger partial charge in [0.05, 0.1) is 5.57 Å². The monoisotopic (exact) mass is 409 g/mol. The van der Waals surface area contributed by atoms with Crippen molar-refractivity contribution in [2.24, 2.45) is 5.73 Å². The third kappa shape index (κ3) is 3.98. The molecule has 0 unspecified atom stereocenters. The van der Waals surface area contributed by atoms with E-state index >= 15 is 0 Å². The molecule has 1 aromatic heterocycles. The van der Waals surface area contributed by atoms with E-state index in [9.17, 15) is 13.2 Å². The molecule has 0 fully saturated rings. The molecule has 0 bridgehead atoms. The van der Waals surface area contributed by atoms with E-state index in [-0.39, 0.29) is 12.0 Å². The Kier molecular flexibility index (Phi) is 5.91. The van der Waals surface area contributed by atoms with Crippen LogP contribution in [0.3, 0.4) is 0 Å². The van der Waals surface area contributed by atoms with Crippen molar-refractivity contribution in [2.75, 3.05) is 13.6 Å². The number of likely N-dealkylation sites (N-methyl/N-ethyl adjacent to an activating group) is 1. The molecule has 0 radical (unpaired) electrons. The lowest BCUT2D eigenvalue weighted by molar-refractivity contribution is -0.0896. The average molecular weight is 410 g/mol. The van der Waals surface area contributed by atoms with E-state index in [0.29, 0.717) is 11.6 Å². The topological polar surface area (TPSA) is 34.2 Å². The summed E-state index contributed by atoms with van der Waals surface area (Å²) < 4.78 is 42.3. The molecule has 28 heavy (non-hydrogen) atoms. The van der Waals surface area contributed by atoms with Crippen molar-refractivity contribution in [2.45, 2.75) is 32.1 Å². The van der Waals surface area contributed by atoms with E-state index in [2.05, 4.69) is 23.1 Å². The van der Waals surface area contributed by atoms with Crippen LogP contribution in [0, 0.1) is 0 Å². The van der Waals surface area contributed by atoms with Gasteiger partial charge in [0, 0.05) is 47.7 Å². The number of benzene rings is 1. The van der Waals surface area contributed by atoms with Gasteiger partial charge in [-0.1, -0.05) is 30.3 Å². The number of aromatic nitrogens is 1. The third-order valence-electron chi connectivity index (χ3n) is 5.15. The maximum absolute atomic E-state index is 13.4. The van der Waals surface area contributed by atoms with E-state index < -0.39 is 11.7 Å². The van der Waals surface area contributed by atoms with Crippen molar-refractivity contribution >= 4 is 22.5 Å². The van der Waals surface area contributed by atoms with Crippen LogP contribution >= 0.6 is 11.6 Å². The highest BCUT2D eigenvalue weighted by molar-refractivity contribution is 6.31. The molecule has 1 aliphatic heterocycles. The van der Waals surface area contributed by atoms with Gasteiger partial charge in [-0.15, -0.1) is 0 Å². The second-order valence-corrected chi connectivity index (χ2v) is 7.42. The minimum atomic E-state index is -4.48. The minimum Gasteiger partial charge on any atom is -0.404 e. The van der Waals surface area contributed by atoms with Crippen molar-refractivity contribution in [3.8, 4) is 0 Å². The molecular formula is C21H23ClF3N3. The Labute approximate surface area is 167 Å². The second kappa shape index (κ2) is 8.05. The van der Waals surface area contributed by atoms with Crippen LogP contribution in [0.15, 0.2) is 54.3 Å². The molecule has 0 aliphatic carbocycles. The number of aryl methyl sites for hydroxylation is 1. The Bertz CT molecular complexity index is 954. The predicted octanol–water partition coefficient (Wildman–Crippen LogP) is 5.19. The zero-order valence-electron chi connectivity index (χ0n) is 15.7. The van der Waals surface area contributed by atoms with Crippen LogP contribution in [-0.4, -0.2) is 29.2 Å². The lowest BCUT2D eigenvalue weighted by Crippen LogP contribution is -2.27. The van der Waals surface area contributed by atoms with Crippen LogP contribution < -0.4 is 5.73 Å². The zero-order valence-corrected chi connectivity index (χ0v) is 16.4. The van der Waals surface area contributed by atoms with Gasteiger partial charge in [0.2, 0.25) is 0 Å². The van der Waals surface area contributed by atoms with Crippen molar-refractivity contribution in [1.82, 2.24) is 9.47 Å². The van der Waals surface area contributed by atoms with Gasteiger partial charge in [-0.25, -0.2) is 0 Å². The summed E-state index contributed by atoms with van der Waals surface area (Å²) in [5, 5.41) is 1.71. The highest BCUT2D eigenvalue weighted by Gasteiger charge is 2.35. The van der Waals surface area contributed by atoms with Crippen LogP contribution in [0.4, 0.5) is 13.2 Å². The number of rotatable bonds is 5. The van der Waals surface area contributed by atoms with Gasteiger partial charge in [-0.2, -0.15) is 13.2 Å². The van der Waals surface area contributed by atoms with E-state index in [1.54, 1.807) is 0 Å². The molecule has 7 heteroatoms. The summed E-state index contributed by atoms with van der Waals surface area (Å²) in [6.45, 7) is 5.49. The third-order valence-corrected chi connectivity index (χ3v) is 5.38. The Morgan fingerprint density at radius 3 is 2.75 bits per heavy atom. The first-order valence-corrected chi connectivity index (χ1v) is 9.43. The summed E-state index contributed by atoms with van der Waals surface area (Å²) in [6, 6.07) is 5.68. The molecule has 0 amide bonds. The minimum absolute atomic E-state index is 0.0601. The first-order valence-electron chi connectivity index (χ1n) is 9.05. The van der Waals surface area contributed by atoms with Gasteiger partial charge < -0.3 is 15.2 Å². The molecule has 150 valence electrons. The number of halogens is 4. The Balaban J connectivity index is 1.99. The molecule has 0 atom stereocenters. The van der Waals surface area contributed by atoms with Crippen molar-refractivity contribution < 1.29 is 13.2 Å². The Morgan fingerprint density at radius 2 is 2.11 bits per heavy atom. The highest BCUT2D eigenvalue weighted by Crippen LogP contribution is 2.35. The van der Waals surface area contributed by atoms with Crippen LogP contribution in [-0.2, 0) is 19.5 Å². The first-order chi connectivity index (χ1) is 13.3. The molecule has 0 spiro atoms. The Hall–Kier alpha value is -2.18. The molecule has 3 nitrogen and oxygen atoms in total. The molecule has 2 aromatic rings. The van der Waals surface area contributed by atoms with Gasteiger partial charge >= 0.3 is 6.18 Å². The summed E-state index contributed by atoms with van der Waals surface area (Å²) in [6.07, 6.45) is -0.314. The summed E-state index contributed by atoms with van der Waals surface area (Å²) in [5.41, 5.74) is 8.21. The van der Waals surface area contributed by atoms with Crippen LogP contribution in [0.25, 0.3) is 10.9 Å². The van der Waals surface area contributed by atoms with Gasteiger partial charge in [0.25, 0.3) is 0 Å². The van der Waals surface area contributed by atoms with E-state index in [1.165, 1.54) is 5.56 Å². The summed E-state index contributed by atoms with van der Waals surface area (Å²) in [5.74, 6) is 0. The number of nitrogens with two attached hydrogens (primary N) is 1. The van der Waals surface area contributed by atoms with E-state index in [1.807, 2.05) is 18.2 Å². The molecule has 0 saturated carbocycles. The smallest absolute Gasteiger partial charge is 0.404 e. The fourth-order valence-corrected chi connectivity index (χ4v) is 4.03. The first kappa shape index (κ1) is 20.6. The molecule has 2 N–H and O–H groups in total. The van der Waals surface area contributed by atoms with Gasteiger partial charge in [-0.3, -0.25) is 0 Å². The Morgan fingerprint density at radius 1 is 1.36 bits per heavy atom. The molecule has 0 saturated heterocycles.